The van der Waals surface area contributed by atoms with Crippen molar-refractivity contribution in [2.45, 2.75) is 36.3 Å². The first kappa shape index (κ1) is 15.7. The minimum atomic E-state index is -0.207. The Morgan fingerprint density at radius 1 is 1.42 bits per heavy atom. The van der Waals surface area contributed by atoms with Crippen LogP contribution in [-0.2, 0) is 9.53 Å². The molecule has 3 atom stereocenters. The van der Waals surface area contributed by atoms with Gasteiger partial charge < -0.3 is 14.2 Å². The molecule has 24 heavy (non-hydrogen) atoms. The summed E-state index contributed by atoms with van der Waals surface area (Å²) >= 11 is 1.74. The first-order valence-electron chi connectivity index (χ1n) is 8.02. The van der Waals surface area contributed by atoms with E-state index < -0.39 is 0 Å². The SMILES string of the molecule is CO[C@@H]1C[C@H](c2nc(C)no2)N(C(=O)C2CSc3ccccc32)C1. The fourth-order valence-corrected chi connectivity index (χ4v) is 4.68. The van der Waals surface area contributed by atoms with E-state index in [9.17, 15) is 4.79 Å². The number of amides is 1. The average molecular weight is 345 g/mol. The number of rotatable bonds is 3. The number of benzene rings is 1. The van der Waals surface area contributed by atoms with E-state index in [1.165, 1.54) is 4.90 Å². The number of nitrogens with zero attached hydrogens (tertiary/aromatic N) is 3. The van der Waals surface area contributed by atoms with Crippen LogP contribution in [0.5, 0.6) is 0 Å². The van der Waals surface area contributed by atoms with Crippen LogP contribution in [0.25, 0.3) is 0 Å². The number of carbonyl (C=O) groups excluding carboxylic acids is 1. The van der Waals surface area contributed by atoms with Crippen LogP contribution < -0.4 is 0 Å². The lowest BCUT2D eigenvalue weighted by Crippen LogP contribution is -2.36. The maximum absolute atomic E-state index is 13.2. The smallest absolute Gasteiger partial charge is 0.249 e. The maximum Gasteiger partial charge on any atom is 0.249 e. The standard InChI is InChI=1S/C17H19N3O3S/c1-10-18-16(23-19-10)14-7-11(22-2)8-20(14)17(21)13-9-24-15-6-4-3-5-12(13)15/h3-6,11,13-14H,7-9H2,1-2H3/t11-,13?,14-/m1/s1. The zero-order valence-corrected chi connectivity index (χ0v) is 14.5. The van der Waals surface area contributed by atoms with Gasteiger partial charge in [0.05, 0.1) is 12.0 Å². The first-order chi connectivity index (χ1) is 11.7. The Morgan fingerprint density at radius 3 is 3.00 bits per heavy atom. The van der Waals surface area contributed by atoms with Gasteiger partial charge in [-0.25, -0.2) is 0 Å². The van der Waals surface area contributed by atoms with Crippen molar-refractivity contribution in [2.24, 2.45) is 0 Å². The van der Waals surface area contributed by atoms with Gasteiger partial charge in [-0.3, -0.25) is 4.79 Å². The molecule has 1 unspecified atom stereocenters. The van der Waals surface area contributed by atoms with E-state index in [0.29, 0.717) is 24.7 Å². The van der Waals surface area contributed by atoms with Crippen molar-refractivity contribution in [1.29, 1.82) is 0 Å². The summed E-state index contributed by atoms with van der Waals surface area (Å²) in [6, 6.07) is 7.92. The van der Waals surface area contributed by atoms with Crippen LogP contribution in [-0.4, -0.2) is 46.5 Å². The van der Waals surface area contributed by atoms with Crippen molar-refractivity contribution >= 4 is 17.7 Å². The molecule has 3 heterocycles. The van der Waals surface area contributed by atoms with Crippen molar-refractivity contribution in [3.8, 4) is 0 Å². The normalized spacial score (nSPS) is 25.9. The predicted octanol–water partition coefficient (Wildman–Crippen LogP) is 2.56. The number of aryl methyl sites for hydroxylation is 1. The molecular formula is C17H19N3O3S. The molecule has 126 valence electrons. The fourth-order valence-electron chi connectivity index (χ4n) is 3.46. The molecule has 0 radical (unpaired) electrons. The van der Waals surface area contributed by atoms with E-state index in [0.717, 1.165) is 11.3 Å². The predicted molar refractivity (Wildman–Crippen MR) is 88.8 cm³/mol. The Bertz CT molecular complexity index is 763. The minimum absolute atomic E-state index is 0.00421. The van der Waals surface area contributed by atoms with E-state index in [4.69, 9.17) is 9.26 Å². The van der Waals surface area contributed by atoms with Gasteiger partial charge in [-0.05, 0) is 18.6 Å². The topological polar surface area (TPSA) is 68.5 Å². The molecule has 2 aliphatic heterocycles. The Balaban J connectivity index is 1.62. The second-order valence-corrected chi connectivity index (χ2v) is 7.24. The minimum Gasteiger partial charge on any atom is -0.380 e. The molecule has 7 heteroatoms. The maximum atomic E-state index is 13.2. The van der Waals surface area contributed by atoms with Gasteiger partial charge >= 0.3 is 0 Å². The molecule has 4 rings (SSSR count). The van der Waals surface area contributed by atoms with Gasteiger partial charge in [0.1, 0.15) is 6.04 Å². The van der Waals surface area contributed by atoms with Gasteiger partial charge in [0.15, 0.2) is 5.82 Å². The number of aromatic nitrogens is 2. The van der Waals surface area contributed by atoms with Gasteiger partial charge in [0.25, 0.3) is 0 Å². The lowest BCUT2D eigenvalue weighted by Gasteiger charge is -2.25. The summed E-state index contributed by atoms with van der Waals surface area (Å²) in [4.78, 5) is 20.6. The van der Waals surface area contributed by atoms with Crippen LogP contribution in [0.15, 0.2) is 33.7 Å². The summed E-state index contributed by atoms with van der Waals surface area (Å²) in [7, 11) is 1.68. The van der Waals surface area contributed by atoms with Gasteiger partial charge in [0.2, 0.25) is 11.8 Å². The summed E-state index contributed by atoms with van der Waals surface area (Å²) in [6.07, 6.45) is 0.682. The molecule has 0 aliphatic carbocycles. The number of hydrogen-bond acceptors (Lipinski definition) is 6. The van der Waals surface area contributed by atoms with E-state index >= 15 is 0 Å². The third-order valence-corrected chi connectivity index (χ3v) is 5.89. The van der Waals surface area contributed by atoms with Crippen molar-refractivity contribution in [3.63, 3.8) is 0 Å². The number of hydrogen-bond donors (Lipinski definition) is 0. The van der Waals surface area contributed by atoms with Gasteiger partial charge in [-0.1, -0.05) is 23.4 Å². The van der Waals surface area contributed by atoms with Crippen molar-refractivity contribution in [2.75, 3.05) is 19.4 Å². The highest BCUT2D eigenvalue weighted by Crippen LogP contribution is 2.43. The van der Waals surface area contributed by atoms with Crippen LogP contribution in [0.3, 0.4) is 0 Å². The number of methoxy groups -OCH3 is 1. The zero-order valence-electron chi connectivity index (χ0n) is 13.6. The molecule has 6 nitrogen and oxygen atoms in total. The molecule has 1 amide bonds. The third-order valence-electron chi connectivity index (χ3n) is 4.71. The van der Waals surface area contributed by atoms with Crippen LogP contribution in [0, 0.1) is 6.92 Å². The Labute approximate surface area is 144 Å². The number of carbonyl (C=O) groups is 1. The number of thioether (sulfide) groups is 1. The molecule has 0 spiro atoms. The highest BCUT2D eigenvalue weighted by molar-refractivity contribution is 7.99. The third kappa shape index (κ3) is 2.61. The highest BCUT2D eigenvalue weighted by Gasteiger charge is 2.43. The summed E-state index contributed by atoms with van der Waals surface area (Å²) in [5.74, 6) is 1.86. The monoisotopic (exact) mass is 345 g/mol. The second-order valence-electron chi connectivity index (χ2n) is 6.18. The molecule has 2 aromatic rings. The van der Waals surface area contributed by atoms with Crippen LogP contribution in [0.2, 0.25) is 0 Å². The first-order valence-corrected chi connectivity index (χ1v) is 9.01. The largest absolute Gasteiger partial charge is 0.380 e. The van der Waals surface area contributed by atoms with Crippen LogP contribution in [0.4, 0.5) is 0 Å². The van der Waals surface area contributed by atoms with Gasteiger partial charge in [0, 0.05) is 30.7 Å². The highest BCUT2D eigenvalue weighted by atomic mass is 32.2. The Hall–Kier alpha value is -1.86. The quantitative estimate of drug-likeness (QED) is 0.852. The van der Waals surface area contributed by atoms with Crippen molar-refractivity contribution < 1.29 is 14.1 Å². The fraction of sp³-hybridized carbons (Fsp3) is 0.471. The summed E-state index contributed by atoms with van der Waals surface area (Å²) < 4.78 is 10.8. The number of ether oxygens (including phenoxy) is 1. The lowest BCUT2D eigenvalue weighted by molar-refractivity contribution is -0.134. The molecule has 0 bridgehead atoms. The Kier molecular flexibility index (Phi) is 4.05. The van der Waals surface area contributed by atoms with Crippen molar-refractivity contribution in [1.82, 2.24) is 15.0 Å². The van der Waals surface area contributed by atoms with E-state index in [-0.39, 0.29) is 24.0 Å². The summed E-state index contributed by atoms with van der Waals surface area (Å²) in [6.45, 7) is 2.34. The Morgan fingerprint density at radius 2 is 2.25 bits per heavy atom. The second kappa shape index (κ2) is 6.22. The lowest BCUT2D eigenvalue weighted by atomic mass is 9.99. The molecule has 2 aliphatic rings. The molecular weight excluding hydrogens is 326 g/mol. The summed E-state index contributed by atoms with van der Waals surface area (Å²) in [5.41, 5.74) is 1.12. The summed E-state index contributed by atoms with van der Waals surface area (Å²) in [5, 5.41) is 3.87. The number of likely N-dealkylation sites (tertiary alicyclic amines) is 1. The van der Waals surface area contributed by atoms with Gasteiger partial charge in [-0.2, -0.15) is 4.98 Å². The molecule has 1 fully saturated rings. The molecule has 1 aromatic heterocycles. The average Bonchev–Trinajstić information content (AvgIpc) is 3.31. The van der Waals surface area contributed by atoms with Gasteiger partial charge in [-0.15, -0.1) is 11.8 Å². The molecule has 0 saturated carbocycles. The van der Waals surface area contributed by atoms with E-state index in [1.54, 1.807) is 25.8 Å². The molecule has 1 aromatic carbocycles. The number of fused-ring (bicyclic) bond motifs is 1. The van der Waals surface area contributed by atoms with Crippen LogP contribution in [0.1, 0.15) is 35.7 Å². The van der Waals surface area contributed by atoms with E-state index in [2.05, 4.69) is 16.2 Å². The van der Waals surface area contributed by atoms with Crippen molar-refractivity contribution in [3.05, 3.63) is 41.5 Å². The van der Waals surface area contributed by atoms with E-state index in [1.807, 2.05) is 23.1 Å². The zero-order chi connectivity index (χ0) is 16.7. The molecule has 0 N–H and O–H groups in total. The molecule has 1 saturated heterocycles. The van der Waals surface area contributed by atoms with Crippen LogP contribution >= 0.6 is 11.8 Å².